The summed E-state index contributed by atoms with van der Waals surface area (Å²) in [6.07, 6.45) is 1.04. The topological polar surface area (TPSA) is 145 Å². The van der Waals surface area contributed by atoms with Crippen molar-refractivity contribution in [3.05, 3.63) is 117 Å². The maximum atomic E-state index is 12.2. The molecule has 4 aliphatic rings. The quantitative estimate of drug-likeness (QED) is 0.142. The van der Waals surface area contributed by atoms with Crippen LogP contribution in [0.5, 0.6) is 11.5 Å². The van der Waals surface area contributed by atoms with Crippen LogP contribution >= 0.6 is 15.6 Å². The fraction of sp³-hybridized carbons (Fsp3) is 0.188. The van der Waals surface area contributed by atoms with E-state index in [2.05, 4.69) is 24.3 Å². The van der Waals surface area contributed by atoms with E-state index in [1.54, 1.807) is 0 Å². The summed E-state index contributed by atoms with van der Waals surface area (Å²) in [4.78, 5) is 49.0. The Labute approximate surface area is 313 Å². The third-order valence-corrected chi connectivity index (χ3v) is 10.5. The molecular weight excluding hydrogens is 602 g/mol. The Balaban J connectivity index is 0.00000104. The maximum absolute atomic E-state index is 12.2. The fourth-order valence-corrected chi connectivity index (χ4v) is 9.25. The summed E-state index contributed by atoms with van der Waals surface area (Å²) in [5, 5.41) is 4.03. The van der Waals surface area contributed by atoms with Gasteiger partial charge in [0.2, 0.25) is 0 Å². The molecule has 0 heterocycles. The van der Waals surface area contributed by atoms with Gasteiger partial charge in [-0.15, -0.1) is 0 Å². The standard InChI is InChI=1S/C32H24O8P2.4Li/c33-41(34,35)39-31-27-23-13-24(20-10-16-6-2-1-5-15(16)9-19(20)23)28(27)32(40-42(36,37)38)30-26-14-25(29(30)31)21-11-17-7-3-4-8-18(17)12-22(21)26;;;;/h1-12,23-26H,13-14H2,(H2,33,34,35)(H2,36,37,38);;;;/q;4*+1/p-4/t23-,24+,25+,26-;;;;. The Morgan fingerprint density at radius 1 is 0.478 bits per heavy atom. The minimum atomic E-state index is -5.52. The summed E-state index contributed by atoms with van der Waals surface area (Å²) >= 11 is 0. The van der Waals surface area contributed by atoms with Gasteiger partial charge in [-0.3, -0.25) is 0 Å². The van der Waals surface area contributed by atoms with Crippen molar-refractivity contribution in [3.8, 4) is 11.5 Å². The van der Waals surface area contributed by atoms with Crippen molar-refractivity contribution < 1.29 is 113 Å². The van der Waals surface area contributed by atoms with E-state index in [1.165, 1.54) is 0 Å². The normalized spacial score (nSPS) is 20.8. The van der Waals surface area contributed by atoms with Crippen molar-refractivity contribution in [1.29, 1.82) is 0 Å². The average molecular weight is 622 g/mol. The van der Waals surface area contributed by atoms with Gasteiger partial charge in [0.05, 0.1) is 0 Å². The molecule has 14 heteroatoms. The van der Waals surface area contributed by atoms with Crippen LogP contribution in [0.1, 0.15) is 81.0 Å². The van der Waals surface area contributed by atoms with Crippen LogP contribution in [0, 0.1) is 0 Å². The fourth-order valence-electron chi connectivity index (χ4n) is 8.41. The molecule has 0 aliphatic heterocycles. The van der Waals surface area contributed by atoms with E-state index in [0.29, 0.717) is 35.1 Å². The molecule has 4 bridgehead atoms. The smallest absolute Gasteiger partial charge is 0.780 e. The van der Waals surface area contributed by atoms with Crippen LogP contribution in [-0.2, 0) is 9.13 Å². The largest absolute Gasteiger partial charge is 1.00 e. The van der Waals surface area contributed by atoms with Crippen LogP contribution in [0.25, 0.3) is 21.5 Å². The molecular formula is C32H20Li4O8P2. The van der Waals surface area contributed by atoms with E-state index in [0.717, 1.165) is 43.8 Å². The van der Waals surface area contributed by atoms with Gasteiger partial charge in [0.1, 0.15) is 27.1 Å². The molecule has 0 aromatic heterocycles. The molecule has 0 radical (unpaired) electrons. The zero-order valence-corrected chi connectivity index (χ0v) is 27.6. The average Bonchev–Trinajstić information content (AvgIpc) is 3.69. The maximum Gasteiger partial charge on any atom is 1.00 e. The van der Waals surface area contributed by atoms with Crippen molar-refractivity contribution in [2.24, 2.45) is 0 Å². The molecule has 4 aliphatic carbocycles. The number of phosphoric acid groups is 2. The molecule has 4 atom stereocenters. The van der Waals surface area contributed by atoms with Crippen molar-refractivity contribution >= 4 is 37.2 Å². The number of hydrogen-bond acceptors (Lipinski definition) is 8. The van der Waals surface area contributed by atoms with Crippen LogP contribution in [0.4, 0.5) is 0 Å². The van der Waals surface area contributed by atoms with Crippen LogP contribution in [0.2, 0.25) is 0 Å². The number of fused-ring (bicyclic) bond motifs is 18. The van der Waals surface area contributed by atoms with Gasteiger partial charge in [-0.2, -0.15) is 0 Å². The molecule has 0 spiro atoms. The first-order chi connectivity index (χ1) is 20.1. The molecule has 0 saturated carbocycles. The molecule has 210 valence electrons. The van der Waals surface area contributed by atoms with Crippen molar-refractivity contribution in [2.75, 3.05) is 0 Å². The van der Waals surface area contributed by atoms with Gasteiger partial charge in [0, 0.05) is 45.9 Å². The number of hydrogen-bond donors (Lipinski definition) is 0. The summed E-state index contributed by atoms with van der Waals surface area (Å²) in [6, 6.07) is 24.0. The second kappa shape index (κ2) is 12.4. The van der Waals surface area contributed by atoms with E-state index in [1.807, 2.05) is 48.5 Å². The van der Waals surface area contributed by atoms with Crippen LogP contribution in [0.3, 0.4) is 0 Å². The van der Waals surface area contributed by atoms with E-state index in [-0.39, 0.29) is 111 Å². The van der Waals surface area contributed by atoms with E-state index >= 15 is 0 Å². The molecule has 8 nitrogen and oxygen atoms in total. The van der Waals surface area contributed by atoms with Gasteiger partial charge in [0.25, 0.3) is 0 Å². The second-order valence-corrected chi connectivity index (χ2v) is 13.9. The predicted molar refractivity (Wildman–Crippen MR) is 147 cm³/mol. The minimum absolute atomic E-state index is 0. The Bertz CT molecular complexity index is 1890. The van der Waals surface area contributed by atoms with Gasteiger partial charge in [0.15, 0.2) is 0 Å². The Hall–Kier alpha value is -1.09. The summed E-state index contributed by atoms with van der Waals surface area (Å²) < 4.78 is 35.2. The number of benzene rings is 5. The van der Waals surface area contributed by atoms with Gasteiger partial charge in [-0.25, -0.2) is 0 Å². The zero-order chi connectivity index (χ0) is 28.7. The van der Waals surface area contributed by atoms with Gasteiger partial charge >= 0.3 is 75.4 Å². The van der Waals surface area contributed by atoms with Gasteiger partial charge in [-0.1, -0.05) is 72.8 Å². The van der Waals surface area contributed by atoms with E-state index < -0.39 is 15.6 Å². The van der Waals surface area contributed by atoms with Gasteiger partial charge in [-0.05, 0) is 56.6 Å². The monoisotopic (exact) mass is 622 g/mol. The van der Waals surface area contributed by atoms with Crippen LogP contribution in [-0.4, -0.2) is 0 Å². The Kier molecular flexibility index (Phi) is 9.72. The Morgan fingerprint density at radius 2 is 0.717 bits per heavy atom. The molecule has 46 heavy (non-hydrogen) atoms. The third kappa shape index (κ3) is 5.33. The zero-order valence-electron chi connectivity index (χ0n) is 25.8. The summed E-state index contributed by atoms with van der Waals surface area (Å²) in [7, 11) is -11.0. The van der Waals surface area contributed by atoms with Crippen molar-refractivity contribution in [2.45, 2.75) is 36.5 Å². The van der Waals surface area contributed by atoms with Crippen molar-refractivity contribution in [3.63, 3.8) is 0 Å². The molecule has 5 aromatic rings. The SMILES string of the molecule is O=P([O-])([O-])Oc1c2c(c(OP(=O)([O-])[O-])c3c1[C@H]1C[C@@H]3c3cc4ccccc4cc31)[C@H]1C[C@@H]2c2cc3ccccc3cc21.[Li+].[Li+].[Li+].[Li+]. The summed E-state index contributed by atoms with van der Waals surface area (Å²) in [5.74, 6) is -1.47. The first-order valence-corrected chi connectivity index (χ1v) is 16.7. The van der Waals surface area contributed by atoms with Gasteiger partial charge < -0.3 is 37.8 Å². The molecule has 9 rings (SSSR count). The summed E-state index contributed by atoms with van der Waals surface area (Å²) in [5.41, 5.74) is 5.62. The predicted octanol–water partition coefficient (Wildman–Crippen LogP) is -7.61. The first kappa shape index (κ1) is 36.2. The molecule has 0 unspecified atom stereocenters. The second-order valence-electron chi connectivity index (χ2n) is 11.7. The number of rotatable bonds is 4. The minimum Gasteiger partial charge on any atom is -0.780 e. The first-order valence-electron chi connectivity index (χ1n) is 13.8. The third-order valence-electron chi connectivity index (χ3n) is 9.71. The molecule has 0 amide bonds. The molecule has 0 saturated heterocycles. The van der Waals surface area contributed by atoms with E-state index in [4.69, 9.17) is 9.05 Å². The molecule has 0 fully saturated rings. The van der Waals surface area contributed by atoms with Crippen LogP contribution < -0.4 is 104 Å². The molecule has 5 aromatic carbocycles. The number of phosphoric ester groups is 2. The van der Waals surface area contributed by atoms with E-state index in [9.17, 15) is 28.7 Å². The van der Waals surface area contributed by atoms with Crippen LogP contribution in [0.15, 0.2) is 72.8 Å². The summed E-state index contributed by atoms with van der Waals surface area (Å²) in [6.45, 7) is 0. The van der Waals surface area contributed by atoms with Crippen molar-refractivity contribution in [1.82, 2.24) is 0 Å². The Morgan fingerprint density at radius 3 is 0.935 bits per heavy atom. The molecule has 0 N–H and O–H groups in total.